The van der Waals surface area contributed by atoms with Crippen molar-refractivity contribution in [2.24, 2.45) is 5.92 Å². The monoisotopic (exact) mass is 260 g/mol. The SMILES string of the molecule is Cc1cccc2sc(CCC3CCNCC3)nc12. The minimum atomic E-state index is 0.902. The summed E-state index contributed by atoms with van der Waals surface area (Å²) in [6.45, 7) is 4.55. The molecule has 18 heavy (non-hydrogen) atoms. The Kier molecular flexibility index (Phi) is 3.62. The first-order valence-corrected chi connectivity index (χ1v) is 7.70. The van der Waals surface area contributed by atoms with Gasteiger partial charge in [0.25, 0.3) is 0 Å². The smallest absolute Gasteiger partial charge is 0.0938 e. The van der Waals surface area contributed by atoms with Gasteiger partial charge < -0.3 is 5.32 Å². The summed E-state index contributed by atoms with van der Waals surface area (Å²) in [4.78, 5) is 4.80. The van der Waals surface area contributed by atoms with Crippen LogP contribution in [0.2, 0.25) is 0 Å². The standard InChI is InChI=1S/C15H20N2S/c1-11-3-2-4-13-15(11)17-14(18-13)6-5-12-7-9-16-10-8-12/h2-4,12,16H,5-10H2,1H3. The van der Waals surface area contributed by atoms with Crippen LogP contribution in [0, 0.1) is 12.8 Å². The molecule has 1 aliphatic heterocycles. The maximum Gasteiger partial charge on any atom is 0.0938 e. The van der Waals surface area contributed by atoms with Gasteiger partial charge in [-0.2, -0.15) is 0 Å². The molecule has 0 atom stereocenters. The number of hydrogen-bond donors (Lipinski definition) is 1. The lowest BCUT2D eigenvalue weighted by atomic mass is 9.93. The van der Waals surface area contributed by atoms with Gasteiger partial charge in [0, 0.05) is 0 Å². The Labute approximate surface area is 112 Å². The lowest BCUT2D eigenvalue weighted by Gasteiger charge is -2.21. The summed E-state index contributed by atoms with van der Waals surface area (Å²) in [5, 5.41) is 4.75. The molecule has 1 N–H and O–H groups in total. The fraction of sp³-hybridized carbons (Fsp3) is 0.533. The quantitative estimate of drug-likeness (QED) is 0.913. The maximum atomic E-state index is 4.80. The number of thiazole rings is 1. The summed E-state index contributed by atoms with van der Waals surface area (Å²) in [6.07, 6.45) is 5.14. The summed E-state index contributed by atoms with van der Waals surface area (Å²) in [7, 11) is 0. The average molecular weight is 260 g/mol. The van der Waals surface area contributed by atoms with Crippen molar-refractivity contribution in [3.8, 4) is 0 Å². The van der Waals surface area contributed by atoms with Crippen LogP contribution in [0.25, 0.3) is 10.2 Å². The van der Waals surface area contributed by atoms with Crippen LogP contribution in [0.4, 0.5) is 0 Å². The van der Waals surface area contributed by atoms with E-state index in [4.69, 9.17) is 4.98 Å². The first kappa shape index (κ1) is 12.1. The van der Waals surface area contributed by atoms with Crippen LogP contribution in [0.15, 0.2) is 18.2 Å². The van der Waals surface area contributed by atoms with Crippen molar-refractivity contribution < 1.29 is 0 Å². The molecule has 0 spiro atoms. The lowest BCUT2D eigenvalue weighted by molar-refractivity contribution is 0.354. The molecule has 0 aliphatic carbocycles. The zero-order chi connectivity index (χ0) is 12.4. The highest BCUT2D eigenvalue weighted by atomic mass is 32.1. The van der Waals surface area contributed by atoms with Gasteiger partial charge in [-0.15, -0.1) is 11.3 Å². The van der Waals surface area contributed by atoms with Crippen LogP contribution in [0.5, 0.6) is 0 Å². The average Bonchev–Trinajstić information content (AvgIpc) is 2.82. The minimum absolute atomic E-state index is 0.902. The van der Waals surface area contributed by atoms with Gasteiger partial charge in [-0.25, -0.2) is 4.98 Å². The molecular weight excluding hydrogens is 240 g/mol. The largest absolute Gasteiger partial charge is 0.317 e. The predicted molar refractivity (Wildman–Crippen MR) is 78.3 cm³/mol. The number of fused-ring (bicyclic) bond motifs is 1. The number of aromatic nitrogens is 1. The van der Waals surface area contributed by atoms with Crippen molar-refractivity contribution >= 4 is 21.6 Å². The van der Waals surface area contributed by atoms with E-state index < -0.39 is 0 Å². The highest BCUT2D eigenvalue weighted by molar-refractivity contribution is 7.18. The van der Waals surface area contributed by atoms with Crippen molar-refractivity contribution in [1.82, 2.24) is 10.3 Å². The molecule has 0 saturated carbocycles. The fourth-order valence-corrected chi connectivity index (χ4v) is 3.80. The van der Waals surface area contributed by atoms with Crippen molar-refractivity contribution in [1.29, 1.82) is 0 Å². The van der Waals surface area contributed by atoms with E-state index in [1.54, 1.807) is 0 Å². The Morgan fingerprint density at radius 2 is 2.17 bits per heavy atom. The fourth-order valence-electron chi connectivity index (χ4n) is 2.74. The number of hydrogen-bond acceptors (Lipinski definition) is 3. The van der Waals surface area contributed by atoms with Gasteiger partial charge in [0.15, 0.2) is 0 Å². The number of nitrogens with one attached hydrogen (secondary N) is 1. The second-order valence-electron chi connectivity index (χ2n) is 5.26. The second kappa shape index (κ2) is 5.37. The van der Waals surface area contributed by atoms with Gasteiger partial charge in [-0.3, -0.25) is 0 Å². The number of benzene rings is 1. The van der Waals surface area contributed by atoms with Crippen molar-refractivity contribution in [3.63, 3.8) is 0 Å². The number of nitrogens with zero attached hydrogens (tertiary/aromatic N) is 1. The summed E-state index contributed by atoms with van der Waals surface area (Å²) in [6, 6.07) is 6.47. The molecule has 1 aromatic heterocycles. The molecule has 96 valence electrons. The van der Waals surface area contributed by atoms with Crippen LogP contribution in [0.3, 0.4) is 0 Å². The Morgan fingerprint density at radius 3 is 2.94 bits per heavy atom. The molecule has 0 unspecified atom stereocenters. The molecule has 0 amide bonds. The normalized spacial score (nSPS) is 17.4. The molecule has 1 saturated heterocycles. The molecule has 1 fully saturated rings. The topological polar surface area (TPSA) is 24.9 Å². The third-order valence-corrected chi connectivity index (χ3v) is 4.97. The van der Waals surface area contributed by atoms with Gasteiger partial charge in [-0.1, -0.05) is 12.1 Å². The van der Waals surface area contributed by atoms with Crippen molar-refractivity contribution in [3.05, 3.63) is 28.8 Å². The van der Waals surface area contributed by atoms with Gasteiger partial charge in [0.05, 0.1) is 15.2 Å². The molecule has 1 aliphatic rings. The third-order valence-electron chi connectivity index (χ3n) is 3.89. The second-order valence-corrected chi connectivity index (χ2v) is 6.38. The predicted octanol–water partition coefficient (Wildman–Crippen LogP) is 3.54. The van der Waals surface area contributed by atoms with Gasteiger partial charge in [0.2, 0.25) is 0 Å². The molecule has 0 bridgehead atoms. The van der Waals surface area contributed by atoms with Crippen LogP contribution in [0.1, 0.15) is 29.8 Å². The molecule has 3 rings (SSSR count). The molecular formula is C15H20N2S. The number of aryl methyl sites for hydroxylation is 2. The molecule has 0 radical (unpaired) electrons. The number of piperidine rings is 1. The van der Waals surface area contributed by atoms with E-state index in [-0.39, 0.29) is 0 Å². The Bertz CT molecular complexity index is 526. The highest BCUT2D eigenvalue weighted by Crippen LogP contribution is 2.27. The van der Waals surface area contributed by atoms with E-state index in [0.29, 0.717) is 0 Å². The van der Waals surface area contributed by atoms with Crippen molar-refractivity contribution in [2.75, 3.05) is 13.1 Å². The van der Waals surface area contributed by atoms with Crippen LogP contribution >= 0.6 is 11.3 Å². The van der Waals surface area contributed by atoms with Crippen molar-refractivity contribution in [2.45, 2.75) is 32.6 Å². The Hall–Kier alpha value is -0.930. The number of para-hydroxylation sites is 1. The molecule has 1 aromatic carbocycles. The van der Waals surface area contributed by atoms with Crippen LogP contribution in [-0.2, 0) is 6.42 Å². The van der Waals surface area contributed by atoms with Crippen LogP contribution in [-0.4, -0.2) is 18.1 Å². The van der Waals surface area contributed by atoms with Crippen LogP contribution < -0.4 is 5.32 Å². The van der Waals surface area contributed by atoms with E-state index in [2.05, 4.69) is 30.4 Å². The molecule has 2 heterocycles. The lowest BCUT2D eigenvalue weighted by Crippen LogP contribution is -2.27. The van der Waals surface area contributed by atoms with Gasteiger partial charge in [-0.05, 0) is 63.2 Å². The van der Waals surface area contributed by atoms with Gasteiger partial charge in [0.1, 0.15) is 0 Å². The highest BCUT2D eigenvalue weighted by Gasteiger charge is 2.14. The maximum absolute atomic E-state index is 4.80. The zero-order valence-electron chi connectivity index (χ0n) is 10.9. The molecule has 2 aromatic rings. The summed E-state index contributed by atoms with van der Waals surface area (Å²) in [5.74, 6) is 0.902. The van der Waals surface area contributed by atoms with E-state index in [1.807, 2.05) is 11.3 Å². The van der Waals surface area contributed by atoms with E-state index >= 15 is 0 Å². The van der Waals surface area contributed by atoms with E-state index in [9.17, 15) is 0 Å². The Morgan fingerprint density at radius 1 is 1.33 bits per heavy atom. The Balaban J connectivity index is 1.69. The molecule has 3 heteroatoms. The summed E-state index contributed by atoms with van der Waals surface area (Å²) < 4.78 is 1.34. The first-order valence-electron chi connectivity index (χ1n) is 6.88. The first-order chi connectivity index (χ1) is 8.83. The number of rotatable bonds is 3. The third kappa shape index (κ3) is 2.57. The van der Waals surface area contributed by atoms with E-state index in [0.717, 1.165) is 12.3 Å². The molecule has 2 nitrogen and oxygen atoms in total. The minimum Gasteiger partial charge on any atom is -0.317 e. The van der Waals surface area contributed by atoms with Gasteiger partial charge >= 0.3 is 0 Å². The summed E-state index contributed by atoms with van der Waals surface area (Å²) in [5.41, 5.74) is 2.51. The zero-order valence-corrected chi connectivity index (χ0v) is 11.7. The summed E-state index contributed by atoms with van der Waals surface area (Å²) >= 11 is 1.87. The van der Waals surface area contributed by atoms with E-state index in [1.165, 1.54) is 53.1 Å².